The van der Waals surface area contributed by atoms with Crippen molar-refractivity contribution in [2.24, 2.45) is 0 Å². The third-order valence-electron chi connectivity index (χ3n) is 3.12. The fourth-order valence-electron chi connectivity index (χ4n) is 1.92. The van der Waals surface area contributed by atoms with Crippen molar-refractivity contribution in [2.75, 3.05) is 20.0 Å². The van der Waals surface area contributed by atoms with Gasteiger partial charge in [-0.1, -0.05) is 17.7 Å². The Bertz CT molecular complexity index is 801. The van der Waals surface area contributed by atoms with E-state index in [4.69, 9.17) is 21.1 Å². The maximum atomic E-state index is 12.0. The molecular weight excluding hydrogens is 396 g/mol. The van der Waals surface area contributed by atoms with Gasteiger partial charge in [-0.25, -0.2) is 4.79 Å². The van der Waals surface area contributed by atoms with Gasteiger partial charge >= 0.3 is 11.9 Å². The van der Waals surface area contributed by atoms with Crippen LogP contribution in [0, 0.1) is 0 Å². The van der Waals surface area contributed by atoms with E-state index < -0.39 is 5.97 Å². The Labute approximate surface area is 164 Å². The van der Waals surface area contributed by atoms with Crippen LogP contribution in [0.5, 0.6) is 11.5 Å². The average Bonchev–Trinajstić information content (AvgIpc) is 3.05. The van der Waals surface area contributed by atoms with Gasteiger partial charge in [0.1, 0.15) is 0 Å². The summed E-state index contributed by atoms with van der Waals surface area (Å²) in [5.74, 6) is 0.814. The molecule has 26 heavy (non-hydrogen) atoms. The fraction of sp³-hybridized carbons (Fsp3) is 0.222. The Hall–Kier alpha value is -1.96. The van der Waals surface area contributed by atoms with Crippen LogP contribution in [-0.2, 0) is 20.1 Å². The first kappa shape index (κ1) is 20.4. The average molecular weight is 413 g/mol. The van der Waals surface area contributed by atoms with Crippen LogP contribution in [0.1, 0.15) is 10.4 Å². The Morgan fingerprint density at radius 3 is 2.65 bits per heavy atom. The van der Waals surface area contributed by atoms with Crippen molar-refractivity contribution >= 4 is 52.7 Å². The Morgan fingerprint density at radius 2 is 2.00 bits per heavy atom. The predicted molar refractivity (Wildman–Crippen MR) is 105 cm³/mol. The highest BCUT2D eigenvalue weighted by molar-refractivity contribution is 7.99. The maximum Gasteiger partial charge on any atom is 0.330 e. The molecule has 0 amide bonds. The molecule has 0 atom stereocenters. The van der Waals surface area contributed by atoms with E-state index in [0.717, 1.165) is 14.8 Å². The van der Waals surface area contributed by atoms with E-state index in [1.54, 1.807) is 24.3 Å². The lowest BCUT2D eigenvalue weighted by molar-refractivity contribution is -0.135. The van der Waals surface area contributed by atoms with Crippen LogP contribution in [0.4, 0.5) is 0 Å². The summed E-state index contributed by atoms with van der Waals surface area (Å²) in [6.07, 6.45) is 2.88. The largest absolute Gasteiger partial charge is 0.493 e. The molecule has 0 saturated carbocycles. The lowest BCUT2D eigenvalue weighted by Gasteiger charge is -2.10. The zero-order chi connectivity index (χ0) is 18.9. The summed E-state index contributed by atoms with van der Waals surface area (Å²) in [7, 11) is 2.79. The minimum atomic E-state index is -0.455. The molecule has 0 saturated heterocycles. The van der Waals surface area contributed by atoms with Crippen molar-refractivity contribution in [1.82, 2.24) is 0 Å². The number of thiophene rings is 1. The van der Waals surface area contributed by atoms with E-state index in [0.29, 0.717) is 17.3 Å². The van der Waals surface area contributed by atoms with E-state index in [2.05, 4.69) is 4.74 Å². The minimum absolute atomic E-state index is 0.211. The third-order valence-corrected chi connectivity index (χ3v) is 5.49. The van der Waals surface area contributed by atoms with Crippen LogP contribution in [0.3, 0.4) is 0 Å². The number of carbonyl (C=O) groups excluding carboxylic acids is 2. The van der Waals surface area contributed by atoms with Crippen LogP contribution in [-0.4, -0.2) is 31.9 Å². The maximum absolute atomic E-state index is 12.0. The zero-order valence-corrected chi connectivity index (χ0v) is 16.6. The summed E-state index contributed by atoms with van der Waals surface area (Å²) < 4.78 is 15.9. The molecule has 0 aliphatic carbocycles. The molecule has 8 heteroatoms. The van der Waals surface area contributed by atoms with E-state index in [9.17, 15) is 9.59 Å². The Balaban J connectivity index is 1.91. The number of benzene rings is 1. The Kier molecular flexibility index (Phi) is 8.03. The van der Waals surface area contributed by atoms with E-state index in [1.165, 1.54) is 43.4 Å². The van der Waals surface area contributed by atoms with Crippen molar-refractivity contribution in [3.05, 3.63) is 51.2 Å². The molecule has 0 radical (unpaired) electrons. The number of esters is 2. The highest BCUT2D eigenvalue weighted by atomic mass is 35.5. The third kappa shape index (κ3) is 6.40. The van der Waals surface area contributed by atoms with Gasteiger partial charge in [-0.15, -0.1) is 23.1 Å². The van der Waals surface area contributed by atoms with Gasteiger partial charge < -0.3 is 14.2 Å². The Morgan fingerprint density at radius 1 is 1.19 bits per heavy atom. The second kappa shape index (κ2) is 10.3. The van der Waals surface area contributed by atoms with Gasteiger partial charge in [-0.2, -0.15) is 0 Å². The molecule has 1 aromatic heterocycles. The number of ether oxygens (including phenoxy) is 3. The minimum Gasteiger partial charge on any atom is -0.493 e. The van der Waals surface area contributed by atoms with Gasteiger partial charge in [-0.3, -0.25) is 4.79 Å². The predicted octanol–water partition coefficient (Wildman–Crippen LogP) is 4.44. The topological polar surface area (TPSA) is 61.8 Å². The number of hydrogen-bond donors (Lipinski definition) is 0. The van der Waals surface area contributed by atoms with Gasteiger partial charge in [0.25, 0.3) is 0 Å². The summed E-state index contributed by atoms with van der Waals surface area (Å²) in [6.45, 7) is 0. The van der Waals surface area contributed by atoms with Crippen molar-refractivity contribution in [2.45, 2.75) is 5.75 Å². The van der Waals surface area contributed by atoms with Crippen LogP contribution in [0.15, 0.2) is 36.4 Å². The van der Waals surface area contributed by atoms with Crippen molar-refractivity contribution < 1.29 is 23.8 Å². The molecule has 1 aromatic carbocycles. The van der Waals surface area contributed by atoms with Crippen molar-refractivity contribution in [1.29, 1.82) is 0 Å². The highest BCUT2D eigenvalue weighted by Gasteiger charge is 2.11. The molecule has 1 heterocycles. The van der Waals surface area contributed by atoms with Gasteiger partial charge in [0.05, 0.1) is 24.3 Å². The fourth-order valence-corrected chi connectivity index (χ4v) is 3.91. The summed E-state index contributed by atoms with van der Waals surface area (Å²) in [5, 5.41) is 0. The monoisotopic (exact) mass is 412 g/mol. The highest BCUT2D eigenvalue weighted by Crippen LogP contribution is 2.29. The second-order valence-corrected chi connectivity index (χ2v) is 7.72. The molecule has 138 valence electrons. The smallest absolute Gasteiger partial charge is 0.330 e. The molecule has 2 rings (SSSR count). The molecule has 0 spiro atoms. The number of thioether (sulfide) groups is 1. The molecule has 0 N–H and O–H groups in total. The molecule has 0 bridgehead atoms. The summed E-state index contributed by atoms with van der Waals surface area (Å²) in [4.78, 5) is 24.3. The first-order chi connectivity index (χ1) is 12.5. The van der Waals surface area contributed by atoms with E-state index in [-0.39, 0.29) is 11.7 Å². The molecule has 5 nitrogen and oxygen atoms in total. The zero-order valence-electron chi connectivity index (χ0n) is 14.2. The van der Waals surface area contributed by atoms with Crippen LogP contribution < -0.4 is 9.47 Å². The van der Waals surface area contributed by atoms with Crippen molar-refractivity contribution in [3.63, 3.8) is 0 Å². The molecule has 0 aliphatic rings. The number of hydrogen-bond acceptors (Lipinski definition) is 7. The number of methoxy groups -OCH3 is 2. The molecule has 0 aliphatic heterocycles. The van der Waals surface area contributed by atoms with Gasteiger partial charge in [0.15, 0.2) is 11.5 Å². The number of rotatable bonds is 8. The normalized spacial score (nSPS) is 10.7. The first-order valence-electron chi connectivity index (χ1n) is 7.48. The summed E-state index contributed by atoms with van der Waals surface area (Å²) in [6, 6.07) is 8.78. The molecular formula is C18H17ClO5S2. The van der Waals surface area contributed by atoms with Crippen LogP contribution in [0.25, 0.3) is 6.08 Å². The standard InChI is InChI=1S/C18H17ClO5S2/c1-22-15-9-12(4-8-17(20)23-2)3-6-14(15)24-18(21)11-25-10-13-5-7-16(19)26-13/h3-9H,10-11H2,1-2H3/b8-4+. The van der Waals surface area contributed by atoms with Crippen LogP contribution in [0.2, 0.25) is 4.34 Å². The molecule has 0 fully saturated rings. The quantitative estimate of drug-likeness (QED) is 0.363. The second-order valence-electron chi connectivity index (χ2n) is 4.94. The van der Waals surface area contributed by atoms with E-state index in [1.807, 2.05) is 12.1 Å². The molecule has 0 unspecified atom stereocenters. The van der Waals surface area contributed by atoms with Crippen molar-refractivity contribution in [3.8, 4) is 11.5 Å². The summed E-state index contributed by atoms with van der Waals surface area (Å²) in [5.41, 5.74) is 0.719. The summed E-state index contributed by atoms with van der Waals surface area (Å²) >= 11 is 8.82. The number of halogens is 1. The molecule has 2 aromatic rings. The first-order valence-corrected chi connectivity index (χ1v) is 9.83. The lowest BCUT2D eigenvalue weighted by atomic mass is 10.2. The number of carbonyl (C=O) groups is 2. The lowest BCUT2D eigenvalue weighted by Crippen LogP contribution is -2.11. The van der Waals surface area contributed by atoms with Crippen LogP contribution >= 0.6 is 34.7 Å². The van der Waals surface area contributed by atoms with Gasteiger partial charge in [0, 0.05) is 16.7 Å². The van der Waals surface area contributed by atoms with Gasteiger partial charge in [-0.05, 0) is 35.9 Å². The SMILES string of the molecule is COC(=O)/C=C/c1ccc(OC(=O)CSCc2ccc(Cl)s2)c(OC)c1. The van der Waals surface area contributed by atoms with E-state index >= 15 is 0 Å². The van der Waals surface area contributed by atoms with Gasteiger partial charge in [0.2, 0.25) is 0 Å².